The van der Waals surface area contributed by atoms with Gasteiger partial charge in [0.2, 0.25) is 0 Å². The fourth-order valence-electron chi connectivity index (χ4n) is 2.33. The lowest BCUT2D eigenvalue weighted by atomic mass is 10.1. The van der Waals surface area contributed by atoms with Crippen molar-refractivity contribution in [2.45, 2.75) is 32.3 Å². The normalized spacial score (nSPS) is 21.7. The maximum absolute atomic E-state index is 10.6. The van der Waals surface area contributed by atoms with Crippen LogP contribution in [0.15, 0.2) is 22.6 Å². The Morgan fingerprint density at radius 2 is 2.21 bits per heavy atom. The minimum absolute atomic E-state index is 0.0927. The van der Waals surface area contributed by atoms with Crippen molar-refractivity contribution in [3.8, 4) is 11.8 Å². The van der Waals surface area contributed by atoms with Crippen molar-refractivity contribution in [1.29, 1.82) is 5.26 Å². The molecule has 0 spiro atoms. The summed E-state index contributed by atoms with van der Waals surface area (Å²) in [4.78, 5) is 0. The largest absolute Gasteiger partial charge is 0.489 e. The van der Waals surface area contributed by atoms with Crippen molar-refractivity contribution in [1.82, 2.24) is 0 Å². The molecule has 2 unspecified atom stereocenters. The highest BCUT2D eigenvalue weighted by molar-refractivity contribution is 7.61. The van der Waals surface area contributed by atoms with Crippen LogP contribution in [0.2, 0.25) is 0 Å². The summed E-state index contributed by atoms with van der Waals surface area (Å²) in [5.41, 5.74) is 0.297. The lowest BCUT2D eigenvalue weighted by Gasteiger charge is -2.14. The van der Waals surface area contributed by atoms with Crippen molar-refractivity contribution in [2.24, 2.45) is 10.3 Å². The van der Waals surface area contributed by atoms with E-state index >= 15 is 0 Å². The van der Waals surface area contributed by atoms with Crippen LogP contribution in [0.5, 0.6) is 5.75 Å². The zero-order valence-corrected chi connectivity index (χ0v) is 11.4. The SMILES string of the molecule is CC1CCC(Oc2cccc(N=S(=O)=O)c2C#N)C1. The van der Waals surface area contributed by atoms with Gasteiger partial charge in [0.25, 0.3) is 0 Å². The molecule has 2 rings (SSSR count). The molecule has 0 radical (unpaired) electrons. The summed E-state index contributed by atoms with van der Waals surface area (Å²) in [7, 11) is -2.58. The van der Waals surface area contributed by atoms with Crippen molar-refractivity contribution < 1.29 is 13.2 Å². The highest BCUT2D eigenvalue weighted by Crippen LogP contribution is 2.33. The first kappa shape index (κ1) is 13.6. The van der Waals surface area contributed by atoms with Gasteiger partial charge in [-0.2, -0.15) is 13.7 Å². The Bertz CT molecular complexity index is 638. The lowest BCUT2D eigenvalue weighted by molar-refractivity contribution is 0.205. The smallest absolute Gasteiger partial charge is 0.316 e. The van der Waals surface area contributed by atoms with Gasteiger partial charge < -0.3 is 4.74 Å². The molecule has 1 aliphatic carbocycles. The maximum Gasteiger partial charge on any atom is 0.316 e. The molecule has 1 aliphatic rings. The third-order valence-corrected chi connectivity index (χ3v) is 3.58. The van der Waals surface area contributed by atoms with Crippen LogP contribution in [0.3, 0.4) is 0 Å². The average molecular weight is 278 g/mol. The third kappa shape index (κ3) is 3.32. The standard InChI is InChI=1S/C13H14N2O3S/c1-9-5-6-10(7-9)18-13-4-2-3-12(11(13)8-14)15-19(16)17/h2-4,9-10H,5-7H2,1H3. The number of nitrogens with zero attached hydrogens (tertiary/aromatic N) is 2. The number of benzene rings is 1. The molecule has 2 atom stereocenters. The molecule has 1 fully saturated rings. The van der Waals surface area contributed by atoms with Crippen LogP contribution in [0, 0.1) is 17.2 Å². The molecule has 0 bridgehead atoms. The minimum atomic E-state index is -2.58. The van der Waals surface area contributed by atoms with E-state index in [-0.39, 0.29) is 17.4 Å². The van der Waals surface area contributed by atoms with E-state index in [0.717, 1.165) is 19.3 Å². The highest BCUT2D eigenvalue weighted by Gasteiger charge is 2.24. The Hall–Kier alpha value is -1.87. The van der Waals surface area contributed by atoms with E-state index in [4.69, 9.17) is 10.00 Å². The Balaban J connectivity index is 2.31. The number of hydrogen-bond donors (Lipinski definition) is 0. The van der Waals surface area contributed by atoms with Gasteiger partial charge in [0.15, 0.2) is 0 Å². The first-order valence-electron chi connectivity index (χ1n) is 6.11. The van der Waals surface area contributed by atoms with E-state index in [2.05, 4.69) is 11.3 Å². The summed E-state index contributed by atoms with van der Waals surface area (Å²) in [6.07, 6.45) is 3.12. The molecule has 0 aromatic heterocycles. The molecule has 0 amide bonds. The van der Waals surface area contributed by atoms with Crippen LogP contribution in [-0.4, -0.2) is 14.5 Å². The molecular weight excluding hydrogens is 264 g/mol. The van der Waals surface area contributed by atoms with E-state index in [0.29, 0.717) is 11.7 Å². The molecule has 1 aromatic rings. The predicted octanol–water partition coefficient (Wildman–Crippen LogP) is 2.82. The van der Waals surface area contributed by atoms with Gasteiger partial charge in [-0.25, -0.2) is 0 Å². The lowest BCUT2D eigenvalue weighted by Crippen LogP contribution is -2.12. The molecule has 0 N–H and O–H groups in total. The average Bonchev–Trinajstić information content (AvgIpc) is 2.74. The topological polar surface area (TPSA) is 79.5 Å². The second kappa shape index (κ2) is 5.85. The molecule has 5 nitrogen and oxygen atoms in total. The molecule has 1 aromatic carbocycles. The summed E-state index contributed by atoms with van der Waals surface area (Å²) in [5, 5.41) is 9.15. The second-order valence-corrected chi connectivity index (χ2v) is 5.35. The molecule has 0 aliphatic heterocycles. The summed E-state index contributed by atoms with van der Waals surface area (Å²) in [6.45, 7) is 2.17. The number of rotatable bonds is 3. The van der Waals surface area contributed by atoms with E-state index in [1.54, 1.807) is 12.1 Å². The van der Waals surface area contributed by atoms with Crippen LogP contribution in [0.25, 0.3) is 0 Å². The first-order valence-corrected chi connectivity index (χ1v) is 7.14. The quantitative estimate of drug-likeness (QED) is 0.851. The third-order valence-electron chi connectivity index (χ3n) is 3.23. The molecule has 1 saturated carbocycles. The predicted molar refractivity (Wildman–Crippen MR) is 69.6 cm³/mol. The van der Waals surface area contributed by atoms with Crippen LogP contribution >= 0.6 is 0 Å². The number of nitriles is 1. The van der Waals surface area contributed by atoms with Crippen LogP contribution in [0.1, 0.15) is 31.7 Å². The van der Waals surface area contributed by atoms with E-state index in [1.807, 2.05) is 6.07 Å². The molecular formula is C13H14N2O3S. The van der Waals surface area contributed by atoms with Crippen LogP contribution in [0.4, 0.5) is 5.69 Å². The Morgan fingerprint density at radius 1 is 1.42 bits per heavy atom. The fraction of sp³-hybridized carbons (Fsp3) is 0.462. The van der Waals surface area contributed by atoms with Gasteiger partial charge in [-0.15, -0.1) is 4.36 Å². The fourth-order valence-corrected chi connectivity index (χ4v) is 2.64. The van der Waals surface area contributed by atoms with Gasteiger partial charge in [0.05, 0.1) is 6.10 Å². The molecule has 100 valence electrons. The van der Waals surface area contributed by atoms with Crippen molar-refractivity contribution in [2.75, 3.05) is 0 Å². The van der Waals surface area contributed by atoms with Crippen molar-refractivity contribution in [3.05, 3.63) is 23.8 Å². The van der Waals surface area contributed by atoms with E-state index < -0.39 is 10.5 Å². The monoisotopic (exact) mass is 278 g/mol. The summed E-state index contributed by atoms with van der Waals surface area (Å²) in [6, 6.07) is 6.76. The molecule has 0 heterocycles. The summed E-state index contributed by atoms with van der Waals surface area (Å²) in [5.74, 6) is 1.03. The zero-order valence-electron chi connectivity index (χ0n) is 10.5. The van der Waals surface area contributed by atoms with Gasteiger partial charge in [-0.05, 0) is 37.3 Å². The van der Waals surface area contributed by atoms with Gasteiger partial charge in [0, 0.05) is 0 Å². The zero-order chi connectivity index (χ0) is 13.8. The molecule has 0 saturated heterocycles. The first-order chi connectivity index (χ1) is 9.10. The van der Waals surface area contributed by atoms with Crippen LogP contribution in [-0.2, 0) is 10.5 Å². The minimum Gasteiger partial charge on any atom is -0.489 e. The molecule has 19 heavy (non-hydrogen) atoms. The number of hydrogen-bond acceptors (Lipinski definition) is 5. The van der Waals surface area contributed by atoms with Gasteiger partial charge in [0.1, 0.15) is 23.1 Å². The van der Waals surface area contributed by atoms with E-state index in [1.165, 1.54) is 6.07 Å². The van der Waals surface area contributed by atoms with Gasteiger partial charge in [-0.3, -0.25) is 0 Å². The maximum atomic E-state index is 10.6. The van der Waals surface area contributed by atoms with Gasteiger partial charge in [-0.1, -0.05) is 13.0 Å². The van der Waals surface area contributed by atoms with Crippen molar-refractivity contribution >= 4 is 16.2 Å². The van der Waals surface area contributed by atoms with E-state index in [9.17, 15) is 8.42 Å². The summed E-state index contributed by atoms with van der Waals surface area (Å²) >= 11 is 0. The van der Waals surface area contributed by atoms with Crippen molar-refractivity contribution in [3.63, 3.8) is 0 Å². The Morgan fingerprint density at radius 3 is 2.79 bits per heavy atom. The number of ether oxygens (including phenoxy) is 1. The summed E-state index contributed by atoms with van der Waals surface area (Å²) < 4.78 is 30.4. The van der Waals surface area contributed by atoms with Crippen LogP contribution < -0.4 is 4.74 Å². The van der Waals surface area contributed by atoms with Gasteiger partial charge >= 0.3 is 10.5 Å². The second-order valence-electron chi connectivity index (χ2n) is 4.73. The Kier molecular flexibility index (Phi) is 4.17. The molecule has 6 heteroatoms. The Labute approximate surface area is 113 Å². The highest BCUT2D eigenvalue weighted by atomic mass is 32.2.